The average molecular weight is 337 g/mol. The van der Waals surface area contributed by atoms with E-state index in [0.29, 0.717) is 31.7 Å². The SMILES string of the molecule is COCOc1ccccc1C1(O)CCN(C(=O)OC(C)(C)C)CC1. The van der Waals surface area contributed by atoms with Gasteiger partial charge in [0.25, 0.3) is 0 Å². The number of carbonyl (C=O) groups excluding carboxylic acids is 1. The smallest absolute Gasteiger partial charge is 0.410 e. The van der Waals surface area contributed by atoms with Gasteiger partial charge in [0.15, 0.2) is 6.79 Å². The van der Waals surface area contributed by atoms with Gasteiger partial charge < -0.3 is 24.2 Å². The summed E-state index contributed by atoms with van der Waals surface area (Å²) in [7, 11) is 1.55. The first-order valence-corrected chi connectivity index (χ1v) is 8.17. The summed E-state index contributed by atoms with van der Waals surface area (Å²) in [4.78, 5) is 13.8. The number of aliphatic hydroxyl groups is 1. The van der Waals surface area contributed by atoms with Crippen molar-refractivity contribution in [2.24, 2.45) is 0 Å². The number of para-hydroxylation sites is 1. The molecule has 0 saturated carbocycles. The van der Waals surface area contributed by atoms with E-state index < -0.39 is 11.2 Å². The summed E-state index contributed by atoms with van der Waals surface area (Å²) in [5.74, 6) is 0.604. The van der Waals surface area contributed by atoms with Crippen LogP contribution in [0.25, 0.3) is 0 Å². The lowest BCUT2D eigenvalue weighted by atomic mass is 9.84. The number of rotatable bonds is 4. The molecule has 0 spiro atoms. The molecule has 134 valence electrons. The van der Waals surface area contributed by atoms with Crippen LogP contribution < -0.4 is 4.74 Å². The zero-order valence-electron chi connectivity index (χ0n) is 14.9. The fourth-order valence-electron chi connectivity index (χ4n) is 2.75. The molecular weight excluding hydrogens is 310 g/mol. The zero-order chi connectivity index (χ0) is 17.8. The highest BCUT2D eigenvalue weighted by molar-refractivity contribution is 5.68. The number of benzene rings is 1. The minimum absolute atomic E-state index is 0.122. The molecule has 1 fully saturated rings. The van der Waals surface area contributed by atoms with Gasteiger partial charge in [0.1, 0.15) is 11.4 Å². The lowest BCUT2D eigenvalue weighted by Gasteiger charge is -2.39. The molecule has 1 aromatic carbocycles. The molecule has 1 aliphatic heterocycles. The first-order chi connectivity index (χ1) is 11.2. The van der Waals surface area contributed by atoms with Gasteiger partial charge in [0.05, 0.1) is 5.60 Å². The summed E-state index contributed by atoms with van der Waals surface area (Å²) in [5, 5.41) is 11.1. The van der Waals surface area contributed by atoms with Crippen LogP contribution in [0.2, 0.25) is 0 Å². The Balaban J connectivity index is 2.06. The van der Waals surface area contributed by atoms with Crippen molar-refractivity contribution in [2.45, 2.75) is 44.8 Å². The first kappa shape index (κ1) is 18.5. The molecule has 0 aromatic heterocycles. The van der Waals surface area contributed by atoms with Crippen molar-refractivity contribution in [1.29, 1.82) is 0 Å². The van der Waals surface area contributed by atoms with Gasteiger partial charge in [-0.3, -0.25) is 0 Å². The van der Waals surface area contributed by atoms with E-state index in [0.717, 1.165) is 5.56 Å². The lowest BCUT2D eigenvalue weighted by molar-refractivity contribution is -0.0386. The van der Waals surface area contributed by atoms with E-state index in [2.05, 4.69) is 0 Å². The minimum atomic E-state index is -1.02. The summed E-state index contributed by atoms with van der Waals surface area (Å²) in [6.07, 6.45) is 0.521. The second-order valence-electron chi connectivity index (χ2n) is 7.05. The number of carbonyl (C=O) groups is 1. The van der Waals surface area contributed by atoms with Gasteiger partial charge in [0.2, 0.25) is 0 Å². The van der Waals surface area contributed by atoms with Crippen LogP contribution in [0.15, 0.2) is 24.3 Å². The number of nitrogens with zero attached hydrogens (tertiary/aromatic N) is 1. The summed E-state index contributed by atoms with van der Waals surface area (Å²) >= 11 is 0. The van der Waals surface area contributed by atoms with E-state index in [4.69, 9.17) is 14.2 Å². The third-order valence-electron chi connectivity index (χ3n) is 3.96. The third-order valence-corrected chi connectivity index (χ3v) is 3.96. The van der Waals surface area contributed by atoms with Crippen LogP contribution in [0, 0.1) is 0 Å². The quantitative estimate of drug-likeness (QED) is 0.856. The van der Waals surface area contributed by atoms with Crippen molar-refractivity contribution < 1.29 is 24.1 Å². The van der Waals surface area contributed by atoms with E-state index in [1.807, 2.05) is 45.0 Å². The van der Waals surface area contributed by atoms with Gasteiger partial charge in [-0.1, -0.05) is 18.2 Å². The van der Waals surface area contributed by atoms with Crippen LogP contribution in [0.3, 0.4) is 0 Å². The molecule has 24 heavy (non-hydrogen) atoms. The molecule has 1 aromatic rings. The number of hydrogen-bond donors (Lipinski definition) is 1. The van der Waals surface area contributed by atoms with Gasteiger partial charge >= 0.3 is 6.09 Å². The number of hydrogen-bond acceptors (Lipinski definition) is 5. The number of methoxy groups -OCH3 is 1. The van der Waals surface area contributed by atoms with Crippen molar-refractivity contribution in [3.8, 4) is 5.75 Å². The largest absolute Gasteiger partial charge is 0.467 e. The van der Waals surface area contributed by atoms with Crippen LogP contribution >= 0.6 is 0 Å². The molecule has 0 atom stereocenters. The van der Waals surface area contributed by atoms with Crippen LogP contribution in [0.4, 0.5) is 4.79 Å². The van der Waals surface area contributed by atoms with Crippen molar-refractivity contribution in [3.63, 3.8) is 0 Å². The highest BCUT2D eigenvalue weighted by Gasteiger charge is 2.38. The average Bonchev–Trinajstić information content (AvgIpc) is 2.52. The molecule has 1 aliphatic rings. The topological polar surface area (TPSA) is 68.2 Å². The molecule has 0 bridgehead atoms. The highest BCUT2D eigenvalue weighted by Crippen LogP contribution is 2.38. The molecule has 0 unspecified atom stereocenters. The first-order valence-electron chi connectivity index (χ1n) is 8.17. The minimum Gasteiger partial charge on any atom is -0.467 e. The third kappa shape index (κ3) is 4.61. The second kappa shape index (κ2) is 7.40. The number of piperidine rings is 1. The van der Waals surface area contributed by atoms with E-state index >= 15 is 0 Å². The zero-order valence-corrected chi connectivity index (χ0v) is 14.9. The van der Waals surface area contributed by atoms with Gasteiger partial charge in [-0.25, -0.2) is 4.79 Å². The summed E-state index contributed by atoms with van der Waals surface area (Å²) in [6.45, 7) is 6.52. The molecule has 6 heteroatoms. The van der Waals surface area contributed by atoms with Crippen LogP contribution in [-0.4, -0.2) is 48.7 Å². The maximum Gasteiger partial charge on any atom is 0.410 e. The van der Waals surface area contributed by atoms with Crippen molar-refractivity contribution in [2.75, 3.05) is 27.0 Å². The van der Waals surface area contributed by atoms with Crippen molar-refractivity contribution in [1.82, 2.24) is 4.90 Å². The van der Waals surface area contributed by atoms with Crippen molar-refractivity contribution in [3.05, 3.63) is 29.8 Å². The molecule has 1 N–H and O–H groups in total. The van der Waals surface area contributed by atoms with E-state index in [1.54, 1.807) is 12.0 Å². The molecular formula is C18H27NO5. The predicted octanol–water partition coefficient (Wildman–Crippen LogP) is 2.89. The molecule has 1 heterocycles. The fraction of sp³-hybridized carbons (Fsp3) is 0.611. The van der Waals surface area contributed by atoms with E-state index in [1.165, 1.54) is 0 Å². The molecule has 1 saturated heterocycles. The van der Waals surface area contributed by atoms with Gasteiger partial charge in [-0.05, 0) is 39.7 Å². The Labute approximate surface area is 143 Å². The summed E-state index contributed by atoms with van der Waals surface area (Å²) < 4.78 is 15.9. The number of amides is 1. The molecule has 0 aliphatic carbocycles. The molecule has 6 nitrogen and oxygen atoms in total. The Morgan fingerprint density at radius 3 is 2.46 bits per heavy atom. The second-order valence-corrected chi connectivity index (χ2v) is 7.05. The normalized spacial score (nSPS) is 17.5. The number of ether oxygens (including phenoxy) is 3. The van der Waals surface area contributed by atoms with Gasteiger partial charge in [-0.2, -0.15) is 0 Å². The van der Waals surface area contributed by atoms with Crippen molar-refractivity contribution >= 4 is 6.09 Å². The van der Waals surface area contributed by atoms with Gasteiger partial charge in [0, 0.05) is 25.8 Å². The Morgan fingerprint density at radius 2 is 1.88 bits per heavy atom. The predicted molar refractivity (Wildman–Crippen MR) is 89.9 cm³/mol. The van der Waals surface area contributed by atoms with Crippen LogP contribution in [0.5, 0.6) is 5.75 Å². The van der Waals surface area contributed by atoms with Gasteiger partial charge in [-0.15, -0.1) is 0 Å². The van der Waals surface area contributed by atoms with Crippen LogP contribution in [-0.2, 0) is 15.1 Å². The fourth-order valence-corrected chi connectivity index (χ4v) is 2.75. The Kier molecular flexibility index (Phi) is 5.72. The molecule has 0 radical (unpaired) electrons. The highest BCUT2D eigenvalue weighted by atomic mass is 16.7. The van der Waals surface area contributed by atoms with E-state index in [9.17, 15) is 9.90 Å². The maximum atomic E-state index is 12.2. The lowest BCUT2D eigenvalue weighted by Crippen LogP contribution is -2.46. The van der Waals surface area contributed by atoms with Crippen LogP contribution in [0.1, 0.15) is 39.2 Å². The molecule has 1 amide bonds. The maximum absolute atomic E-state index is 12.2. The number of likely N-dealkylation sites (tertiary alicyclic amines) is 1. The standard InChI is InChI=1S/C18H27NO5/c1-17(2,3)24-16(20)19-11-9-18(21,10-12-19)14-7-5-6-8-15(14)23-13-22-4/h5-8,21H,9-13H2,1-4H3. The summed E-state index contributed by atoms with van der Waals surface area (Å²) in [5.41, 5.74) is -0.820. The Bertz CT molecular complexity index is 559. The van der Waals surface area contributed by atoms with E-state index in [-0.39, 0.29) is 12.9 Å². The molecule has 2 rings (SSSR count). The monoisotopic (exact) mass is 337 g/mol. The Morgan fingerprint density at radius 1 is 1.25 bits per heavy atom. The Hall–Kier alpha value is -1.79. The summed E-state index contributed by atoms with van der Waals surface area (Å²) in [6, 6.07) is 7.39.